The summed E-state index contributed by atoms with van der Waals surface area (Å²) in [6.07, 6.45) is 0.155. The van der Waals surface area contributed by atoms with Crippen LogP contribution in [0.25, 0.3) is 0 Å². The smallest absolute Gasteiger partial charge is 0.223 e. The summed E-state index contributed by atoms with van der Waals surface area (Å²) < 4.78 is 27.4. The van der Waals surface area contributed by atoms with Gasteiger partial charge in [0.2, 0.25) is 11.8 Å². The number of hydrogen-bond acceptors (Lipinski definition) is 3. The zero-order valence-electron chi connectivity index (χ0n) is 13.6. The minimum atomic E-state index is -0.796. The van der Waals surface area contributed by atoms with Crippen molar-refractivity contribution in [3.63, 3.8) is 0 Å². The summed E-state index contributed by atoms with van der Waals surface area (Å²) in [5.74, 6) is -1.79. The molecule has 2 rings (SSSR count). The molecule has 1 aromatic rings. The Labute approximate surface area is 139 Å². The summed E-state index contributed by atoms with van der Waals surface area (Å²) in [5, 5.41) is 12.5. The molecule has 5 nitrogen and oxygen atoms in total. The number of aliphatic hydroxyl groups is 1. The summed E-state index contributed by atoms with van der Waals surface area (Å²) in [5.41, 5.74) is 0.0512. The van der Waals surface area contributed by atoms with Crippen LogP contribution >= 0.6 is 0 Å². The van der Waals surface area contributed by atoms with Gasteiger partial charge in [0.25, 0.3) is 0 Å². The van der Waals surface area contributed by atoms with Gasteiger partial charge in [-0.05, 0) is 31.0 Å². The Morgan fingerprint density at radius 3 is 2.79 bits per heavy atom. The minimum Gasteiger partial charge on any atom is -0.391 e. The van der Waals surface area contributed by atoms with E-state index < -0.39 is 23.8 Å². The molecule has 1 saturated heterocycles. The van der Waals surface area contributed by atoms with E-state index in [1.807, 2.05) is 6.92 Å². The van der Waals surface area contributed by atoms with Gasteiger partial charge in [0, 0.05) is 31.5 Å². The van der Waals surface area contributed by atoms with Gasteiger partial charge in [-0.3, -0.25) is 9.59 Å². The molecule has 1 aromatic carbocycles. The maximum absolute atomic E-state index is 14.0. The average molecular weight is 340 g/mol. The van der Waals surface area contributed by atoms with E-state index in [4.69, 9.17) is 0 Å². The summed E-state index contributed by atoms with van der Waals surface area (Å²) >= 11 is 0. The highest BCUT2D eigenvalue weighted by Gasteiger charge is 2.36. The van der Waals surface area contributed by atoms with Crippen molar-refractivity contribution in [2.45, 2.75) is 44.8 Å². The molecule has 2 amide bonds. The largest absolute Gasteiger partial charge is 0.391 e. The lowest BCUT2D eigenvalue weighted by atomic mass is 10.0. The molecule has 2 unspecified atom stereocenters. The van der Waals surface area contributed by atoms with Crippen LogP contribution in [0, 0.1) is 11.6 Å². The molecule has 1 heterocycles. The van der Waals surface area contributed by atoms with Crippen LogP contribution in [0.5, 0.6) is 0 Å². The number of β-amino-alcohol motifs (C(OH)–C–C–N with tert-alkyl or cyclic N) is 1. The van der Waals surface area contributed by atoms with Gasteiger partial charge in [-0.1, -0.05) is 6.92 Å². The highest BCUT2D eigenvalue weighted by atomic mass is 19.1. The lowest BCUT2D eigenvalue weighted by molar-refractivity contribution is -0.134. The van der Waals surface area contributed by atoms with Gasteiger partial charge < -0.3 is 15.3 Å². The second-order valence-corrected chi connectivity index (χ2v) is 5.97. The number of nitrogens with one attached hydrogen (secondary N) is 1. The first-order chi connectivity index (χ1) is 11.4. The molecule has 24 heavy (non-hydrogen) atoms. The highest BCUT2D eigenvalue weighted by molar-refractivity contribution is 5.84. The van der Waals surface area contributed by atoms with Crippen molar-refractivity contribution in [3.05, 3.63) is 35.4 Å². The van der Waals surface area contributed by atoms with E-state index >= 15 is 0 Å². The van der Waals surface area contributed by atoms with Crippen molar-refractivity contribution in [3.8, 4) is 0 Å². The van der Waals surface area contributed by atoms with E-state index in [1.54, 1.807) is 0 Å². The van der Waals surface area contributed by atoms with Crippen LogP contribution in [0.15, 0.2) is 18.2 Å². The molecule has 132 valence electrons. The summed E-state index contributed by atoms with van der Waals surface area (Å²) in [4.78, 5) is 25.3. The topological polar surface area (TPSA) is 69.6 Å². The fraction of sp³-hybridized carbons (Fsp3) is 0.529. The third-order valence-corrected chi connectivity index (χ3v) is 4.05. The van der Waals surface area contributed by atoms with Crippen LogP contribution < -0.4 is 5.32 Å². The third kappa shape index (κ3) is 4.50. The number of aliphatic hydroxyl groups excluding tert-OH is 1. The SMILES string of the molecule is CCCNC(=O)CCC(=O)N1CC(O)CC1c1cc(F)ccc1F. The molecule has 0 spiro atoms. The number of amides is 2. The lowest BCUT2D eigenvalue weighted by Gasteiger charge is -2.25. The molecule has 0 aromatic heterocycles. The zero-order chi connectivity index (χ0) is 17.7. The van der Waals surface area contributed by atoms with E-state index in [1.165, 1.54) is 4.90 Å². The molecule has 7 heteroatoms. The van der Waals surface area contributed by atoms with E-state index in [2.05, 4.69) is 5.32 Å². The fourth-order valence-corrected chi connectivity index (χ4v) is 2.87. The van der Waals surface area contributed by atoms with Gasteiger partial charge in [-0.2, -0.15) is 0 Å². The van der Waals surface area contributed by atoms with Crippen molar-refractivity contribution in [2.75, 3.05) is 13.1 Å². The van der Waals surface area contributed by atoms with Crippen LogP contribution in [-0.4, -0.2) is 41.0 Å². The standard InChI is InChI=1S/C17H22F2N2O3/c1-2-7-20-16(23)5-6-17(24)21-10-12(22)9-15(21)13-8-11(18)3-4-14(13)19/h3-4,8,12,15,22H,2,5-7,9-10H2,1H3,(H,20,23). The molecular formula is C17H22F2N2O3. The number of carbonyl (C=O) groups excluding carboxylic acids is 2. The average Bonchev–Trinajstić information content (AvgIpc) is 2.94. The minimum absolute atomic E-state index is 0.0315. The molecule has 1 aliphatic heterocycles. The maximum Gasteiger partial charge on any atom is 0.223 e. The zero-order valence-corrected chi connectivity index (χ0v) is 13.6. The fourth-order valence-electron chi connectivity index (χ4n) is 2.87. The highest BCUT2D eigenvalue weighted by Crippen LogP contribution is 2.34. The second kappa shape index (κ2) is 8.19. The van der Waals surface area contributed by atoms with Crippen molar-refractivity contribution in [1.82, 2.24) is 10.2 Å². The van der Waals surface area contributed by atoms with E-state index in [9.17, 15) is 23.5 Å². The summed E-state index contributed by atoms with van der Waals surface area (Å²) in [6.45, 7) is 2.53. The Morgan fingerprint density at radius 1 is 1.33 bits per heavy atom. The monoisotopic (exact) mass is 340 g/mol. The predicted molar refractivity (Wildman–Crippen MR) is 84.0 cm³/mol. The van der Waals surface area contributed by atoms with Gasteiger partial charge in [-0.25, -0.2) is 8.78 Å². The number of rotatable bonds is 6. The predicted octanol–water partition coefficient (Wildman–Crippen LogP) is 1.91. The van der Waals surface area contributed by atoms with Crippen LogP contribution in [0.2, 0.25) is 0 Å². The van der Waals surface area contributed by atoms with Gasteiger partial charge >= 0.3 is 0 Å². The second-order valence-electron chi connectivity index (χ2n) is 5.97. The summed E-state index contributed by atoms with van der Waals surface area (Å²) in [6, 6.07) is 2.35. The van der Waals surface area contributed by atoms with Crippen LogP contribution in [0.1, 0.15) is 44.2 Å². The van der Waals surface area contributed by atoms with Gasteiger partial charge in [0.05, 0.1) is 12.1 Å². The molecule has 2 N–H and O–H groups in total. The molecule has 0 bridgehead atoms. The number of likely N-dealkylation sites (tertiary alicyclic amines) is 1. The Hall–Kier alpha value is -2.02. The number of benzene rings is 1. The van der Waals surface area contributed by atoms with Crippen molar-refractivity contribution >= 4 is 11.8 Å². The van der Waals surface area contributed by atoms with E-state index in [-0.39, 0.29) is 43.2 Å². The Kier molecular flexibility index (Phi) is 6.25. The van der Waals surface area contributed by atoms with Crippen molar-refractivity contribution in [2.24, 2.45) is 0 Å². The van der Waals surface area contributed by atoms with Gasteiger partial charge in [0.1, 0.15) is 11.6 Å². The van der Waals surface area contributed by atoms with Crippen molar-refractivity contribution < 1.29 is 23.5 Å². The molecule has 2 atom stereocenters. The molecule has 1 fully saturated rings. The van der Waals surface area contributed by atoms with Crippen LogP contribution in [0.3, 0.4) is 0 Å². The first-order valence-corrected chi connectivity index (χ1v) is 8.11. The maximum atomic E-state index is 14.0. The quantitative estimate of drug-likeness (QED) is 0.831. The molecule has 0 aliphatic carbocycles. The lowest BCUT2D eigenvalue weighted by Crippen LogP contribution is -2.33. The first-order valence-electron chi connectivity index (χ1n) is 8.11. The first kappa shape index (κ1) is 18.3. The normalized spacial score (nSPS) is 20.2. The summed E-state index contributed by atoms with van der Waals surface area (Å²) in [7, 11) is 0. The van der Waals surface area contributed by atoms with E-state index in [0.717, 1.165) is 24.6 Å². The molecule has 0 saturated carbocycles. The molecule has 1 aliphatic rings. The molecular weight excluding hydrogens is 318 g/mol. The Balaban J connectivity index is 2.05. The molecule has 0 radical (unpaired) electrons. The van der Waals surface area contributed by atoms with Crippen LogP contribution in [0.4, 0.5) is 8.78 Å². The number of halogens is 2. The van der Waals surface area contributed by atoms with E-state index in [0.29, 0.717) is 6.54 Å². The van der Waals surface area contributed by atoms with Crippen molar-refractivity contribution in [1.29, 1.82) is 0 Å². The van der Waals surface area contributed by atoms with Crippen LogP contribution in [-0.2, 0) is 9.59 Å². The number of carbonyl (C=O) groups is 2. The number of hydrogen-bond donors (Lipinski definition) is 2. The van der Waals surface area contributed by atoms with Gasteiger partial charge in [-0.15, -0.1) is 0 Å². The Morgan fingerprint density at radius 2 is 2.08 bits per heavy atom. The number of nitrogens with zero attached hydrogens (tertiary/aromatic N) is 1. The Bertz CT molecular complexity index is 609. The third-order valence-electron chi connectivity index (χ3n) is 4.05. The van der Waals surface area contributed by atoms with Gasteiger partial charge in [0.15, 0.2) is 0 Å².